The average molecular weight is 346 g/mol. The third-order valence-corrected chi connectivity index (χ3v) is 4.34. The number of carbonyl (C=O) groups is 2. The number of hydrogen-bond acceptors (Lipinski definition) is 4. The maximum atomic E-state index is 12.1. The average Bonchev–Trinajstić information content (AvgIpc) is 2.62. The van der Waals surface area contributed by atoms with Crippen molar-refractivity contribution in [3.05, 3.63) is 35.9 Å². The minimum Gasteiger partial charge on any atom is -0.497 e. The summed E-state index contributed by atoms with van der Waals surface area (Å²) < 4.78 is 5.08. The van der Waals surface area contributed by atoms with Crippen LogP contribution in [0.15, 0.2) is 30.3 Å². The van der Waals surface area contributed by atoms with E-state index < -0.39 is 6.04 Å². The van der Waals surface area contributed by atoms with E-state index in [-0.39, 0.29) is 24.0 Å². The standard InChI is InChI=1S/C19H26N2O4/c1-13(19(24)21-15-6-8-16(22)9-7-15)20-18(23)12-5-14-3-10-17(25-2)11-4-14/h3-5,10-13,15-16,22H,6-9H2,1-2H3,(H,20,23)(H,21,24). The van der Waals surface area contributed by atoms with Gasteiger partial charge in [-0.05, 0) is 56.4 Å². The fourth-order valence-electron chi connectivity index (χ4n) is 2.76. The van der Waals surface area contributed by atoms with E-state index in [4.69, 9.17) is 4.74 Å². The molecule has 1 aromatic carbocycles. The van der Waals surface area contributed by atoms with Crippen molar-refractivity contribution in [2.45, 2.75) is 50.8 Å². The Morgan fingerprint density at radius 1 is 1.20 bits per heavy atom. The van der Waals surface area contributed by atoms with Gasteiger partial charge in [0.05, 0.1) is 13.2 Å². The summed E-state index contributed by atoms with van der Waals surface area (Å²) >= 11 is 0. The molecule has 2 amide bonds. The lowest BCUT2D eigenvalue weighted by Gasteiger charge is -2.27. The van der Waals surface area contributed by atoms with Gasteiger partial charge in [0.15, 0.2) is 0 Å². The third kappa shape index (κ3) is 6.23. The molecule has 0 aromatic heterocycles. The van der Waals surface area contributed by atoms with E-state index in [9.17, 15) is 14.7 Å². The Morgan fingerprint density at radius 3 is 2.44 bits per heavy atom. The van der Waals surface area contributed by atoms with Crippen molar-refractivity contribution in [2.24, 2.45) is 0 Å². The largest absolute Gasteiger partial charge is 0.497 e. The Hall–Kier alpha value is -2.34. The molecule has 1 saturated carbocycles. The summed E-state index contributed by atoms with van der Waals surface area (Å²) in [6.07, 6.45) is 5.78. The van der Waals surface area contributed by atoms with Gasteiger partial charge in [-0.1, -0.05) is 12.1 Å². The molecule has 1 aliphatic rings. The van der Waals surface area contributed by atoms with Crippen molar-refractivity contribution in [3.8, 4) is 5.75 Å². The molecule has 6 nitrogen and oxygen atoms in total. The van der Waals surface area contributed by atoms with Gasteiger partial charge < -0.3 is 20.5 Å². The van der Waals surface area contributed by atoms with Crippen LogP contribution in [0.25, 0.3) is 6.08 Å². The van der Waals surface area contributed by atoms with E-state index in [1.54, 1.807) is 20.1 Å². The number of ether oxygens (including phenoxy) is 1. The van der Waals surface area contributed by atoms with Crippen LogP contribution in [0.3, 0.4) is 0 Å². The quantitative estimate of drug-likeness (QED) is 0.683. The van der Waals surface area contributed by atoms with Crippen LogP contribution in [0.5, 0.6) is 5.75 Å². The first-order valence-corrected chi connectivity index (χ1v) is 8.59. The fraction of sp³-hybridized carbons (Fsp3) is 0.474. The maximum Gasteiger partial charge on any atom is 0.244 e. The second-order valence-electron chi connectivity index (χ2n) is 6.35. The van der Waals surface area contributed by atoms with Crippen LogP contribution in [0.2, 0.25) is 0 Å². The molecular formula is C19H26N2O4. The number of aliphatic hydroxyl groups is 1. The fourth-order valence-corrected chi connectivity index (χ4v) is 2.76. The summed E-state index contributed by atoms with van der Waals surface area (Å²) in [5.74, 6) is 0.229. The summed E-state index contributed by atoms with van der Waals surface area (Å²) in [7, 11) is 1.60. The van der Waals surface area contributed by atoms with Crippen molar-refractivity contribution >= 4 is 17.9 Å². The number of rotatable bonds is 6. The maximum absolute atomic E-state index is 12.1. The first-order chi connectivity index (χ1) is 12.0. The summed E-state index contributed by atoms with van der Waals surface area (Å²) in [5.41, 5.74) is 0.869. The zero-order chi connectivity index (χ0) is 18.2. The second-order valence-corrected chi connectivity index (χ2v) is 6.35. The summed E-state index contributed by atoms with van der Waals surface area (Å²) in [6, 6.07) is 6.78. The number of methoxy groups -OCH3 is 1. The lowest BCUT2D eigenvalue weighted by molar-refractivity contribution is -0.127. The molecule has 1 aliphatic carbocycles. The van der Waals surface area contributed by atoms with Crippen molar-refractivity contribution in [1.29, 1.82) is 0 Å². The van der Waals surface area contributed by atoms with E-state index in [1.165, 1.54) is 6.08 Å². The lowest BCUT2D eigenvalue weighted by atomic mass is 9.93. The van der Waals surface area contributed by atoms with Gasteiger partial charge in [0.25, 0.3) is 0 Å². The highest BCUT2D eigenvalue weighted by atomic mass is 16.5. The molecule has 0 radical (unpaired) electrons. The van der Waals surface area contributed by atoms with E-state index in [1.807, 2.05) is 24.3 Å². The van der Waals surface area contributed by atoms with Gasteiger partial charge >= 0.3 is 0 Å². The number of benzene rings is 1. The highest BCUT2D eigenvalue weighted by molar-refractivity contribution is 5.95. The molecule has 0 spiro atoms. The molecule has 0 bridgehead atoms. The van der Waals surface area contributed by atoms with Crippen LogP contribution in [0.1, 0.15) is 38.2 Å². The first-order valence-electron chi connectivity index (χ1n) is 8.59. The number of nitrogens with one attached hydrogen (secondary N) is 2. The summed E-state index contributed by atoms with van der Waals surface area (Å²) in [5, 5.41) is 15.1. The van der Waals surface area contributed by atoms with Gasteiger partial charge in [-0.3, -0.25) is 9.59 Å². The Bertz CT molecular complexity index is 604. The number of hydrogen-bond donors (Lipinski definition) is 3. The Morgan fingerprint density at radius 2 is 1.84 bits per heavy atom. The lowest BCUT2D eigenvalue weighted by Crippen LogP contribution is -2.48. The minimum absolute atomic E-state index is 0.0742. The van der Waals surface area contributed by atoms with E-state index in [0.717, 1.165) is 24.2 Å². The molecule has 1 unspecified atom stereocenters. The SMILES string of the molecule is COc1ccc(C=CC(=O)NC(C)C(=O)NC2CCC(O)CC2)cc1. The topological polar surface area (TPSA) is 87.7 Å². The molecule has 1 fully saturated rings. The van der Waals surface area contributed by atoms with Gasteiger partial charge in [-0.2, -0.15) is 0 Å². The highest BCUT2D eigenvalue weighted by Gasteiger charge is 2.23. The normalized spacial score (nSPS) is 21.6. The Kier molecular flexibility index (Phi) is 7.01. The highest BCUT2D eigenvalue weighted by Crippen LogP contribution is 2.18. The predicted octanol–water partition coefficient (Wildman–Crippen LogP) is 1.63. The van der Waals surface area contributed by atoms with Crippen LogP contribution in [-0.4, -0.2) is 42.2 Å². The molecule has 3 N–H and O–H groups in total. The molecule has 2 rings (SSSR count). The molecule has 1 aromatic rings. The van der Waals surface area contributed by atoms with Crippen LogP contribution < -0.4 is 15.4 Å². The van der Waals surface area contributed by atoms with E-state index >= 15 is 0 Å². The molecule has 0 saturated heterocycles. The summed E-state index contributed by atoms with van der Waals surface area (Å²) in [4.78, 5) is 24.1. The number of carbonyl (C=O) groups excluding carboxylic acids is 2. The monoisotopic (exact) mass is 346 g/mol. The summed E-state index contributed by atoms with van der Waals surface area (Å²) in [6.45, 7) is 1.66. The van der Waals surface area contributed by atoms with Gasteiger partial charge in [0, 0.05) is 12.1 Å². The van der Waals surface area contributed by atoms with Crippen LogP contribution in [-0.2, 0) is 9.59 Å². The zero-order valence-electron chi connectivity index (χ0n) is 14.7. The van der Waals surface area contributed by atoms with Crippen molar-refractivity contribution in [3.63, 3.8) is 0 Å². The molecule has 0 aliphatic heterocycles. The Labute approximate surface area is 148 Å². The first kappa shape index (κ1) is 19.0. The van der Waals surface area contributed by atoms with Crippen molar-refractivity contribution in [1.82, 2.24) is 10.6 Å². The zero-order valence-corrected chi connectivity index (χ0v) is 14.7. The minimum atomic E-state index is -0.611. The molecule has 6 heteroatoms. The smallest absolute Gasteiger partial charge is 0.244 e. The molecular weight excluding hydrogens is 320 g/mol. The number of amides is 2. The van der Waals surface area contributed by atoms with Crippen LogP contribution >= 0.6 is 0 Å². The van der Waals surface area contributed by atoms with E-state index in [2.05, 4.69) is 10.6 Å². The van der Waals surface area contributed by atoms with Gasteiger partial charge in [0.2, 0.25) is 11.8 Å². The van der Waals surface area contributed by atoms with Crippen molar-refractivity contribution in [2.75, 3.05) is 7.11 Å². The number of aliphatic hydroxyl groups excluding tert-OH is 1. The third-order valence-electron chi connectivity index (χ3n) is 4.34. The van der Waals surface area contributed by atoms with Crippen LogP contribution in [0, 0.1) is 0 Å². The van der Waals surface area contributed by atoms with Gasteiger partial charge in [-0.25, -0.2) is 0 Å². The molecule has 1 atom stereocenters. The van der Waals surface area contributed by atoms with Crippen molar-refractivity contribution < 1.29 is 19.4 Å². The van der Waals surface area contributed by atoms with E-state index in [0.29, 0.717) is 12.8 Å². The Balaban J connectivity index is 1.78. The second kappa shape index (κ2) is 9.22. The molecule has 136 valence electrons. The molecule has 25 heavy (non-hydrogen) atoms. The predicted molar refractivity (Wildman–Crippen MR) is 96.0 cm³/mol. The van der Waals surface area contributed by atoms with Gasteiger partial charge in [-0.15, -0.1) is 0 Å². The van der Waals surface area contributed by atoms with Crippen LogP contribution in [0.4, 0.5) is 0 Å². The molecule has 0 heterocycles. The van der Waals surface area contributed by atoms with Gasteiger partial charge in [0.1, 0.15) is 11.8 Å².